The highest BCUT2D eigenvalue weighted by atomic mass is 32.1. The summed E-state index contributed by atoms with van der Waals surface area (Å²) in [5, 5.41) is 2.62. The van der Waals surface area contributed by atoms with Crippen molar-refractivity contribution in [1.82, 2.24) is 15.3 Å². The van der Waals surface area contributed by atoms with Crippen LogP contribution in [0.5, 0.6) is 6.01 Å². The van der Waals surface area contributed by atoms with Gasteiger partial charge in [0.25, 0.3) is 6.01 Å². The number of carbonyl (C=O) groups excluding carboxylic acids is 1. The lowest BCUT2D eigenvalue weighted by atomic mass is 10.0. The fourth-order valence-electron chi connectivity index (χ4n) is 1.82. The van der Waals surface area contributed by atoms with Crippen LogP contribution < -0.4 is 10.1 Å². The van der Waals surface area contributed by atoms with Gasteiger partial charge in [-0.25, -0.2) is 4.98 Å². The van der Waals surface area contributed by atoms with Gasteiger partial charge in [0, 0.05) is 0 Å². The Bertz CT molecular complexity index is 434. The number of hydrogen-bond acceptors (Lipinski definition) is 4. The predicted octanol–water partition coefficient (Wildman–Crippen LogP) is 2.33. The van der Waals surface area contributed by atoms with E-state index in [0.717, 1.165) is 24.2 Å². The number of carbonyl (C=O) groups is 1. The molecule has 1 rings (SSSR count). The van der Waals surface area contributed by atoms with Crippen LogP contribution >= 0.6 is 12.6 Å². The van der Waals surface area contributed by atoms with Gasteiger partial charge in [0.2, 0.25) is 5.91 Å². The van der Waals surface area contributed by atoms with Crippen LogP contribution in [0.2, 0.25) is 0 Å². The third-order valence-corrected chi connectivity index (χ3v) is 4.09. The number of ether oxygens (including phenoxy) is 1. The van der Waals surface area contributed by atoms with Crippen LogP contribution in [0.25, 0.3) is 0 Å². The quantitative estimate of drug-likeness (QED) is 0.645. The molecule has 0 bridgehead atoms. The number of aromatic amines is 1. The van der Waals surface area contributed by atoms with Crippen molar-refractivity contribution in [3.63, 3.8) is 0 Å². The van der Waals surface area contributed by atoms with Crippen molar-refractivity contribution in [3.05, 3.63) is 11.4 Å². The molecule has 2 N–H and O–H groups in total. The van der Waals surface area contributed by atoms with E-state index in [2.05, 4.69) is 34.8 Å². The number of aromatic nitrogens is 2. The molecule has 0 saturated heterocycles. The number of amides is 1. The molecule has 20 heavy (non-hydrogen) atoms. The molecule has 1 aromatic rings. The van der Waals surface area contributed by atoms with Crippen molar-refractivity contribution < 1.29 is 9.53 Å². The zero-order valence-electron chi connectivity index (χ0n) is 12.7. The third-order valence-electron chi connectivity index (χ3n) is 3.35. The minimum Gasteiger partial charge on any atom is -0.465 e. The highest BCUT2D eigenvalue weighted by Gasteiger charge is 2.20. The highest BCUT2D eigenvalue weighted by Crippen LogP contribution is 2.15. The van der Waals surface area contributed by atoms with E-state index in [9.17, 15) is 4.79 Å². The summed E-state index contributed by atoms with van der Waals surface area (Å²) in [6, 6.07) is 0.512. The molecule has 0 unspecified atom stereocenters. The summed E-state index contributed by atoms with van der Waals surface area (Å²) in [6.07, 6.45) is 1.73. The van der Waals surface area contributed by atoms with Gasteiger partial charge in [-0.15, -0.1) is 0 Å². The molecule has 2 atom stereocenters. The van der Waals surface area contributed by atoms with Crippen LogP contribution in [0.3, 0.4) is 0 Å². The molecule has 0 aromatic carbocycles. The molecule has 0 aliphatic carbocycles. The summed E-state index contributed by atoms with van der Waals surface area (Å²) >= 11 is 4.37. The number of nitrogens with one attached hydrogen (secondary N) is 2. The van der Waals surface area contributed by atoms with Crippen LogP contribution in [0, 0.1) is 5.92 Å². The Morgan fingerprint density at radius 1 is 1.45 bits per heavy atom. The molecule has 1 amide bonds. The summed E-state index contributed by atoms with van der Waals surface area (Å²) in [5.41, 5.74) is 1.82. The lowest BCUT2D eigenvalue weighted by Gasteiger charge is -2.16. The predicted molar refractivity (Wildman–Crippen MR) is 83.2 cm³/mol. The molecule has 5 nitrogen and oxygen atoms in total. The zero-order valence-corrected chi connectivity index (χ0v) is 13.6. The lowest BCUT2D eigenvalue weighted by Crippen LogP contribution is -2.34. The fraction of sp³-hybridized carbons (Fsp3) is 0.714. The van der Waals surface area contributed by atoms with Gasteiger partial charge in [-0.05, 0) is 19.3 Å². The largest absolute Gasteiger partial charge is 0.465 e. The first-order valence-electron chi connectivity index (χ1n) is 7.19. The topological polar surface area (TPSA) is 67.0 Å². The SMILES string of the molecule is CCOc1nc(CC)c(CNC(=O)[C@@H](S)[C@@H](C)CC)[nH]1. The van der Waals surface area contributed by atoms with Crippen LogP contribution in [0.4, 0.5) is 0 Å². The Kier molecular flexibility index (Phi) is 6.91. The summed E-state index contributed by atoms with van der Waals surface area (Å²) in [4.78, 5) is 19.4. The average Bonchev–Trinajstić information content (AvgIpc) is 2.85. The minimum atomic E-state index is -0.278. The Balaban J connectivity index is 2.62. The smallest absolute Gasteiger partial charge is 0.294 e. The van der Waals surface area contributed by atoms with Crippen molar-refractivity contribution in [1.29, 1.82) is 0 Å². The second kappa shape index (κ2) is 8.19. The summed E-state index contributed by atoms with van der Waals surface area (Å²) < 4.78 is 5.34. The van der Waals surface area contributed by atoms with Crippen molar-refractivity contribution in [3.8, 4) is 6.01 Å². The van der Waals surface area contributed by atoms with E-state index in [1.807, 2.05) is 20.8 Å². The second-order valence-corrected chi connectivity index (χ2v) is 5.36. The van der Waals surface area contributed by atoms with Gasteiger partial charge < -0.3 is 15.0 Å². The van der Waals surface area contributed by atoms with Gasteiger partial charge in [0.1, 0.15) is 0 Å². The molecule has 0 spiro atoms. The van der Waals surface area contributed by atoms with E-state index in [1.54, 1.807) is 0 Å². The van der Waals surface area contributed by atoms with Gasteiger partial charge in [0.05, 0.1) is 29.8 Å². The number of H-pyrrole nitrogens is 1. The maximum absolute atomic E-state index is 12.0. The first kappa shape index (κ1) is 16.9. The number of imidazole rings is 1. The Hall–Kier alpha value is -1.17. The molecule has 1 heterocycles. The molecule has 0 radical (unpaired) electrons. The van der Waals surface area contributed by atoms with Crippen molar-refractivity contribution in [2.45, 2.75) is 52.3 Å². The fourth-order valence-corrected chi connectivity index (χ4v) is 2.13. The molecule has 0 saturated carbocycles. The van der Waals surface area contributed by atoms with Gasteiger partial charge in [-0.3, -0.25) is 4.79 Å². The second-order valence-electron chi connectivity index (χ2n) is 4.80. The Labute approximate surface area is 126 Å². The van der Waals surface area contributed by atoms with Crippen molar-refractivity contribution in [2.24, 2.45) is 5.92 Å². The summed E-state index contributed by atoms with van der Waals surface area (Å²) in [5.74, 6) is 0.210. The molecular formula is C14H25N3O2S. The van der Waals surface area contributed by atoms with Crippen LogP contribution in [0.1, 0.15) is 45.5 Å². The lowest BCUT2D eigenvalue weighted by molar-refractivity contribution is -0.121. The van der Waals surface area contributed by atoms with E-state index in [1.165, 1.54) is 0 Å². The average molecular weight is 299 g/mol. The van der Waals surface area contributed by atoms with Crippen LogP contribution in [-0.2, 0) is 17.8 Å². The highest BCUT2D eigenvalue weighted by molar-refractivity contribution is 7.81. The summed E-state index contributed by atoms with van der Waals surface area (Å²) in [7, 11) is 0. The van der Waals surface area contributed by atoms with Crippen molar-refractivity contribution >= 4 is 18.5 Å². The molecule has 114 valence electrons. The zero-order chi connectivity index (χ0) is 15.1. The summed E-state index contributed by atoms with van der Waals surface area (Å²) in [6.45, 7) is 9.01. The normalized spacial score (nSPS) is 13.8. The van der Waals surface area contributed by atoms with Crippen LogP contribution in [-0.4, -0.2) is 27.7 Å². The monoisotopic (exact) mass is 299 g/mol. The molecule has 0 fully saturated rings. The van der Waals surface area contributed by atoms with E-state index in [-0.39, 0.29) is 17.1 Å². The number of thiol groups is 1. The number of hydrogen-bond donors (Lipinski definition) is 3. The van der Waals surface area contributed by atoms with Crippen molar-refractivity contribution in [2.75, 3.05) is 6.61 Å². The molecular weight excluding hydrogens is 274 g/mol. The molecule has 0 aliphatic rings. The number of rotatable bonds is 8. The van der Waals surface area contributed by atoms with Gasteiger partial charge in [-0.1, -0.05) is 27.2 Å². The molecule has 6 heteroatoms. The van der Waals surface area contributed by atoms with E-state index >= 15 is 0 Å². The maximum atomic E-state index is 12.0. The van der Waals surface area contributed by atoms with Gasteiger partial charge >= 0.3 is 0 Å². The van der Waals surface area contributed by atoms with Crippen LogP contribution in [0.15, 0.2) is 0 Å². The van der Waals surface area contributed by atoms with Gasteiger partial charge in [-0.2, -0.15) is 12.6 Å². The number of nitrogens with zero attached hydrogens (tertiary/aromatic N) is 1. The third kappa shape index (κ3) is 4.44. The van der Waals surface area contributed by atoms with E-state index in [0.29, 0.717) is 19.2 Å². The molecule has 1 aromatic heterocycles. The van der Waals surface area contributed by atoms with E-state index < -0.39 is 0 Å². The number of aryl methyl sites for hydroxylation is 1. The molecule has 0 aliphatic heterocycles. The Morgan fingerprint density at radius 2 is 2.15 bits per heavy atom. The minimum absolute atomic E-state index is 0.0442. The standard InChI is InChI=1S/C14H25N3O2S/c1-5-9(4)12(20)13(18)15-8-11-10(6-2)16-14(17-11)19-7-3/h9,12,20H,5-8H2,1-4H3,(H,15,18)(H,16,17)/t9-,12-/m0/s1. The van der Waals surface area contributed by atoms with Gasteiger partial charge in [0.15, 0.2) is 0 Å². The first-order chi connectivity index (χ1) is 9.53. The first-order valence-corrected chi connectivity index (χ1v) is 7.71. The Morgan fingerprint density at radius 3 is 2.70 bits per heavy atom. The van der Waals surface area contributed by atoms with E-state index in [4.69, 9.17) is 4.74 Å². The maximum Gasteiger partial charge on any atom is 0.294 e.